The number of benzene rings is 1. The third-order valence-corrected chi connectivity index (χ3v) is 4.96. The molecule has 1 rings (SSSR count). The van der Waals surface area contributed by atoms with E-state index in [2.05, 4.69) is 17.2 Å². The van der Waals surface area contributed by atoms with Crippen LogP contribution in [0, 0.1) is 19.3 Å². The lowest BCUT2D eigenvalue weighted by Crippen LogP contribution is -2.45. The first-order valence-electron chi connectivity index (χ1n) is 6.59. The van der Waals surface area contributed by atoms with Crippen LogP contribution in [0.5, 0.6) is 0 Å². The number of carbonyl (C=O) groups excluding carboxylic acids is 1. The number of nitrogens with zero attached hydrogens (tertiary/aromatic N) is 1. The maximum Gasteiger partial charge on any atom is 0.325 e. The Bertz CT molecular complexity index is 671. The first-order valence-corrected chi connectivity index (χ1v) is 8.03. The minimum absolute atomic E-state index is 0.0440. The molecule has 0 amide bonds. The average Bonchev–Trinajstić information content (AvgIpc) is 2.50. The summed E-state index contributed by atoms with van der Waals surface area (Å²) in [6, 6.07) is 5.27. The van der Waals surface area contributed by atoms with E-state index in [4.69, 9.17) is 6.42 Å². The van der Waals surface area contributed by atoms with Gasteiger partial charge in [0.25, 0.3) is 0 Å². The standard InChI is InChI=1S/C16H19NO4S/c1-5-7-15(16(18)21-4)17(12-6-2)22(19,20)14-10-8-13(3)9-11-14/h1,6,8-11,15H,2,7,12H2,3-4H3/t15-/m0/s1. The van der Waals surface area contributed by atoms with E-state index >= 15 is 0 Å². The number of rotatable bonds is 7. The number of methoxy groups -OCH3 is 1. The molecule has 0 fully saturated rings. The van der Waals surface area contributed by atoms with E-state index < -0.39 is 22.0 Å². The van der Waals surface area contributed by atoms with Crippen LogP contribution in [0.1, 0.15) is 12.0 Å². The summed E-state index contributed by atoms with van der Waals surface area (Å²) in [5.74, 6) is 1.61. The van der Waals surface area contributed by atoms with Gasteiger partial charge in [-0.1, -0.05) is 23.8 Å². The summed E-state index contributed by atoms with van der Waals surface area (Å²) in [7, 11) is -2.70. The normalized spacial score (nSPS) is 12.5. The SMILES string of the molecule is C#CC[C@@H](C(=O)OC)N(CC=C)S(=O)(=O)c1ccc(C)cc1. The summed E-state index contributed by atoms with van der Waals surface area (Å²) >= 11 is 0. The van der Waals surface area contributed by atoms with Crippen molar-refractivity contribution < 1.29 is 17.9 Å². The van der Waals surface area contributed by atoms with E-state index in [0.717, 1.165) is 9.87 Å². The molecule has 0 aromatic heterocycles. The van der Waals surface area contributed by atoms with Crippen LogP contribution < -0.4 is 0 Å². The highest BCUT2D eigenvalue weighted by Crippen LogP contribution is 2.21. The van der Waals surface area contributed by atoms with Gasteiger partial charge >= 0.3 is 5.97 Å². The summed E-state index contributed by atoms with van der Waals surface area (Å²) in [4.78, 5) is 12.0. The lowest BCUT2D eigenvalue weighted by Gasteiger charge is -2.27. The second-order valence-electron chi connectivity index (χ2n) is 4.62. The van der Waals surface area contributed by atoms with Gasteiger partial charge in [-0.05, 0) is 19.1 Å². The summed E-state index contributed by atoms with van der Waals surface area (Å²) in [5.41, 5.74) is 0.933. The molecule has 0 saturated heterocycles. The molecule has 0 aliphatic carbocycles. The van der Waals surface area contributed by atoms with E-state index in [-0.39, 0.29) is 17.9 Å². The third-order valence-electron chi connectivity index (χ3n) is 3.07. The van der Waals surface area contributed by atoms with Crippen molar-refractivity contribution in [3.8, 4) is 12.3 Å². The van der Waals surface area contributed by atoms with E-state index in [1.165, 1.54) is 25.3 Å². The van der Waals surface area contributed by atoms with E-state index in [1.807, 2.05) is 6.92 Å². The summed E-state index contributed by atoms with van der Waals surface area (Å²) in [5, 5.41) is 0. The highest BCUT2D eigenvalue weighted by molar-refractivity contribution is 7.89. The Hall–Kier alpha value is -2.10. The van der Waals surface area contributed by atoms with Gasteiger partial charge < -0.3 is 4.74 Å². The molecule has 1 aromatic rings. The summed E-state index contributed by atoms with van der Waals surface area (Å²) < 4.78 is 31.2. The molecule has 0 aliphatic heterocycles. The van der Waals surface area contributed by atoms with Crippen molar-refractivity contribution in [2.24, 2.45) is 0 Å². The number of hydrogen-bond donors (Lipinski definition) is 0. The molecule has 0 saturated carbocycles. The molecular formula is C16H19NO4S. The van der Waals surface area contributed by atoms with Gasteiger partial charge in [0.05, 0.1) is 12.0 Å². The fraction of sp³-hybridized carbons (Fsp3) is 0.312. The monoisotopic (exact) mass is 321 g/mol. The predicted octanol–water partition coefficient (Wildman–Crippen LogP) is 1.74. The van der Waals surface area contributed by atoms with E-state index in [9.17, 15) is 13.2 Å². The maximum absolute atomic E-state index is 12.8. The third kappa shape index (κ3) is 3.97. The first-order chi connectivity index (χ1) is 10.4. The zero-order chi connectivity index (χ0) is 16.8. The van der Waals surface area contributed by atoms with Crippen LogP contribution in [-0.4, -0.2) is 38.4 Å². The van der Waals surface area contributed by atoms with Crippen LogP contribution in [-0.2, 0) is 19.6 Å². The number of carbonyl (C=O) groups is 1. The highest BCUT2D eigenvalue weighted by atomic mass is 32.2. The van der Waals surface area contributed by atoms with Crippen molar-refractivity contribution in [2.75, 3.05) is 13.7 Å². The van der Waals surface area contributed by atoms with Gasteiger partial charge in [-0.2, -0.15) is 4.31 Å². The van der Waals surface area contributed by atoms with Gasteiger partial charge in [-0.15, -0.1) is 18.9 Å². The zero-order valence-electron chi connectivity index (χ0n) is 12.7. The number of esters is 1. The van der Waals surface area contributed by atoms with E-state index in [1.54, 1.807) is 12.1 Å². The van der Waals surface area contributed by atoms with Gasteiger partial charge in [-0.3, -0.25) is 4.79 Å². The van der Waals surface area contributed by atoms with Gasteiger partial charge in [0.1, 0.15) is 6.04 Å². The van der Waals surface area contributed by atoms with Gasteiger partial charge in [0.15, 0.2) is 0 Å². The molecule has 1 aromatic carbocycles. The van der Waals surface area contributed by atoms with Crippen molar-refractivity contribution in [3.63, 3.8) is 0 Å². The number of ether oxygens (including phenoxy) is 1. The molecule has 0 radical (unpaired) electrons. The Morgan fingerprint density at radius 3 is 2.50 bits per heavy atom. The molecule has 6 heteroatoms. The van der Waals surface area contributed by atoms with Crippen molar-refractivity contribution in [3.05, 3.63) is 42.5 Å². The number of hydrogen-bond acceptors (Lipinski definition) is 4. The van der Waals surface area contributed by atoms with Crippen LogP contribution in [0.3, 0.4) is 0 Å². The Labute approximate surface area is 131 Å². The Morgan fingerprint density at radius 1 is 1.45 bits per heavy atom. The first kappa shape index (κ1) is 18.0. The number of terminal acetylenes is 1. The van der Waals surface area contributed by atoms with Crippen LogP contribution in [0.4, 0.5) is 0 Å². The minimum Gasteiger partial charge on any atom is -0.468 e. The van der Waals surface area contributed by atoms with E-state index in [0.29, 0.717) is 0 Å². The maximum atomic E-state index is 12.8. The quantitative estimate of drug-likeness (QED) is 0.436. The summed E-state index contributed by atoms with van der Waals surface area (Å²) in [6.45, 7) is 5.35. The second-order valence-corrected chi connectivity index (χ2v) is 6.51. The molecule has 0 aliphatic rings. The molecule has 0 N–H and O–H groups in total. The smallest absolute Gasteiger partial charge is 0.325 e. The largest absolute Gasteiger partial charge is 0.468 e. The molecule has 118 valence electrons. The highest BCUT2D eigenvalue weighted by Gasteiger charge is 2.35. The number of sulfonamides is 1. The lowest BCUT2D eigenvalue weighted by molar-refractivity contribution is -0.144. The second kappa shape index (κ2) is 7.78. The lowest BCUT2D eigenvalue weighted by atomic mass is 10.2. The molecule has 0 bridgehead atoms. The van der Waals surface area contributed by atoms with Crippen molar-refractivity contribution in [2.45, 2.75) is 24.3 Å². The van der Waals surface area contributed by atoms with Crippen LogP contribution in [0.15, 0.2) is 41.8 Å². The predicted molar refractivity (Wildman–Crippen MR) is 84.5 cm³/mol. The molecule has 0 heterocycles. The summed E-state index contributed by atoms with van der Waals surface area (Å²) in [6.07, 6.45) is 6.58. The number of aryl methyl sites for hydroxylation is 1. The fourth-order valence-corrected chi connectivity index (χ4v) is 3.46. The Balaban J connectivity index is 3.32. The molecule has 1 atom stereocenters. The van der Waals surface area contributed by atoms with Gasteiger partial charge in [-0.25, -0.2) is 8.42 Å². The topological polar surface area (TPSA) is 63.7 Å². The Morgan fingerprint density at radius 2 is 2.05 bits per heavy atom. The van der Waals surface area contributed by atoms with Gasteiger partial charge in [0, 0.05) is 13.0 Å². The van der Waals surface area contributed by atoms with Crippen LogP contribution in [0.2, 0.25) is 0 Å². The molecule has 5 nitrogen and oxygen atoms in total. The van der Waals surface area contributed by atoms with Crippen molar-refractivity contribution >= 4 is 16.0 Å². The average molecular weight is 321 g/mol. The minimum atomic E-state index is -3.89. The Kier molecular flexibility index (Phi) is 6.35. The zero-order valence-corrected chi connectivity index (χ0v) is 13.5. The molecule has 0 spiro atoms. The molecular weight excluding hydrogens is 302 g/mol. The van der Waals surface area contributed by atoms with Crippen molar-refractivity contribution in [1.82, 2.24) is 4.31 Å². The van der Waals surface area contributed by atoms with Crippen LogP contribution >= 0.6 is 0 Å². The molecule has 0 unspecified atom stereocenters. The molecule has 22 heavy (non-hydrogen) atoms. The van der Waals surface area contributed by atoms with Gasteiger partial charge in [0.2, 0.25) is 10.0 Å². The fourth-order valence-electron chi connectivity index (χ4n) is 1.92. The van der Waals surface area contributed by atoms with Crippen molar-refractivity contribution in [1.29, 1.82) is 0 Å². The van der Waals surface area contributed by atoms with Crippen LogP contribution in [0.25, 0.3) is 0 Å².